The zero-order chi connectivity index (χ0) is 17.4. The number of nitrogens with zero attached hydrogens (tertiary/aromatic N) is 1. The van der Waals surface area contributed by atoms with Crippen molar-refractivity contribution in [2.75, 3.05) is 29.9 Å². The highest BCUT2D eigenvalue weighted by molar-refractivity contribution is 5.90. The number of aryl methyl sites for hydroxylation is 1. The fraction of sp³-hybridized carbons (Fsp3) is 0.350. The molecule has 2 N–H and O–H groups in total. The van der Waals surface area contributed by atoms with E-state index in [0.29, 0.717) is 6.54 Å². The van der Waals surface area contributed by atoms with Crippen LogP contribution in [0.2, 0.25) is 0 Å². The largest absolute Gasteiger partial charge is 1.00 e. The topological polar surface area (TPSA) is 44.4 Å². The molecule has 0 aliphatic rings. The van der Waals surface area contributed by atoms with E-state index in [1.165, 1.54) is 11.3 Å². The van der Waals surface area contributed by atoms with E-state index >= 15 is 0 Å². The van der Waals surface area contributed by atoms with Crippen LogP contribution in [0.15, 0.2) is 48.5 Å². The van der Waals surface area contributed by atoms with E-state index in [1.54, 1.807) is 0 Å². The Morgan fingerprint density at radius 3 is 2.32 bits per heavy atom. The van der Waals surface area contributed by atoms with Crippen LogP contribution in [-0.4, -0.2) is 25.7 Å². The number of nitrogens with one attached hydrogen (secondary N) is 2. The first-order valence-corrected chi connectivity index (χ1v) is 8.58. The predicted molar refractivity (Wildman–Crippen MR) is 102 cm³/mol. The summed E-state index contributed by atoms with van der Waals surface area (Å²) in [6.07, 6.45) is 0.828. The fourth-order valence-electron chi connectivity index (χ4n) is 2.71. The summed E-state index contributed by atoms with van der Waals surface area (Å²) < 4.78 is 0. The molecular formula is C20H27ClN3O-. The van der Waals surface area contributed by atoms with Crippen LogP contribution < -0.4 is 27.9 Å². The summed E-state index contributed by atoms with van der Waals surface area (Å²) in [6, 6.07) is 16.1. The van der Waals surface area contributed by atoms with Crippen molar-refractivity contribution in [2.45, 2.75) is 27.2 Å². The second kappa shape index (κ2) is 10.6. The van der Waals surface area contributed by atoms with Crippen molar-refractivity contribution in [3.63, 3.8) is 0 Å². The normalized spacial score (nSPS) is 9.88. The van der Waals surface area contributed by atoms with Gasteiger partial charge >= 0.3 is 6.03 Å². The van der Waals surface area contributed by atoms with Crippen LogP contribution in [0.25, 0.3) is 0 Å². The number of benzene rings is 2. The van der Waals surface area contributed by atoms with Crippen molar-refractivity contribution in [3.05, 3.63) is 59.7 Å². The van der Waals surface area contributed by atoms with Crippen LogP contribution in [0.4, 0.5) is 16.2 Å². The molecule has 0 bridgehead atoms. The van der Waals surface area contributed by atoms with Gasteiger partial charge in [0, 0.05) is 31.0 Å². The summed E-state index contributed by atoms with van der Waals surface area (Å²) in [4.78, 5) is 14.3. The number of amides is 2. The van der Waals surface area contributed by atoms with Gasteiger partial charge in [-0.05, 0) is 56.5 Å². The molecule has 25 heavy (non-hydrogen) atoms. The Morgan fingerprint density at radius 1 is 1.04 bits per heavy atom. The number of carbonyl (C=O) groups excluding carboxylic acids is 1. The molecule has 4 nitrogen and oxygen atoms in total. The van der Waals surface area contributed by atoms with Crippen LogP contribution in [0, 0.1) is 6.92 Å². The molecule has 0 aliphatic heterocycles. The average Bonchev–Trinajstić information content (AvgIpc) is 2.59. The van der Waals surface area contributed by atoms with Gasteiger partial charge in [0.25, 0.3) is 0 Å². The molecule has 0 spiro atoms. The van der Waals surface area contributed by atoms with Crippen molar-refractivity contribution in [2.24, 2.45) is 0 Å². The lowest BCUT2D eigenvalue weighted by atomic mass is 10.1. The highest BCUT2D eigenvalue weighted by atomic mass is 35.5. The van der Waals surface area contributed by atoms with E-state index < -0.39 is 0 Å². The van der Waals surface area contributed by atoms with Gasteiger partial charge in [-0.2, -0.15) is 0 Å². The lowest BCUT2D eigenvalue weighted by molar-refractivity contribution is -0.00000820. The van der Waals surface area contributed by atoms with Crippen LogP contribution in [0.5, 0.6) is 0 Å². The minimum atomic E-state index is -0.162. The second-order valence-electron chi connectivity index (χ2n) is 5.79. The third kappa shape index (κ3) is 6.31. The number of halogens is 1. The van der Waals surface area contributed by atoms with E-state index in [4.69, 9.17) is 0 Å². The van der Waals surface area contributed by atoms with Gasteiger partial charge in [0.2, 0.25) is 0 Å². The van der Waals surface area contributed by atoms with E-state index in [2.05, 4.69) is 53.6 Å². The van der Waals surface area contributed by atoms with Gasteiger partial charge in [-0.25, -0.2) is 4.79 Å². The molecule has 0 saturated heterocycles. The van der Waals surface area contributed by atoms with Crippen LogP contribution in [0.1, 0.15) is 25.0 Å². The molecule has 136 valence electrons. The van der Waals surface area contributed by atoms with Crippen molar-refractivity contribution >= 4 is 17.4 Å². The van der Waals surface area contributed by atoms with Crippen molar-refractivity contribution in [1.82, 2.24) is 5.32 Å². The first-order chi connectivity index (χ1) is 11.6. The molecule has 2 aromatic carbocycles. The molecule has 5 heteroatoms. The first-order valence-electron chi connectivity index (χ1n) is 8.58. The van der Waals surface area contributed by atoms with Gasteiger partial charge in [0.15, 0.2) is 0 Å². The molecule has 0 aromatic heterocycles. The first kappa shape index (κ1) is 20.8. The van der Waals surface area contributed by atoms with Gasteiger partial charge < -0.3 is 27.9 Å². The summed E-state index contributed by atoms with van der Waals surface area (Å²) in [5, 5.41) is 5.84. The van der Waals surface area contributed by atoms with E-state index in [-0.39, 0.29) is 18.4 Å². The van der Waals surface area contributed by atoms with Gasteiger partial charge in [-0.15, -0.1) is 0 Å². The Hall–Kier alpha value is -2.20. The highest BCUT2D eigenvalue weighted by Gasteiger charge is 2.07. The monoisotopic (exact) mass is 360 g/mol. The summed E-state index contributed by atoms with van der Waals surface area (Å²) in [6.45, 7) is 8.88. The van der Waals surface area contributed by atoms with Crippen LogP contribution in [0.3, 0.4) is 0 Å². The Morgan fingerprint density at radius 2 is 1.72 bits per heavy atom. The standard InChI is InChI=1S/C20H27N3O.ClH/c1-4-23(5-2)18-11-12-19(16(3)15-18)22-20(24)21-14-13-17-9-7-6-8-10-17;/h6-12,15H,4-5,13-14H2,1-3H3,(H2,21,22,24);1H/p-1. The Balaban J connectivity index is 0.00000312. The molecule has 2 amide bonds. The molecule has 2 aromatic rings. The quantitative estimate of drug-likeness (QED) is 0.779. The third-order valence-corrected chi connectivity index (χ3v) is 4.13. The zero-order valence-corrected chi connectivity index (χ0v) is 15.9. The fourth-order valence-corrected chi connectivity index (χ4v) is 2.71. The number of rotatable bonds is 7. The molecule has 0 fully saturated rings. The van der Waals surface area contributed by atoms with Crippen molar-refractivity contribution in [3.8, 4) is 0 Å². The number of carbonyl (C=O) groups is 1. The molecule has 0 atom stereocenters. The summed E-state index contributed by atoms with van der Waals surface area (Å²) in [5.74, 6) is 0. The molecule has 0 saturated carbocycles. The number of hydrogen-bond donors (Lipinski definition) is 2. The molecular weight excluding hydrogens is 334 g/mol. The minimum absolute atomic E-state index is 0. The predicted octanol–water partition coefficient (Wildman–Crippen LogP) is 1.21. The second-order valence-corrected chi connectivity index (χ2v) is 5.79. The number of urea groups is 1. The van der Waals surface area contributed by atoms with Crippen molar-refractivity contribution < 1.29 is 17.2 Å². The average molecular weight is 361 g/mol. The maximum absolute atomic E-state index is 12.1. The minimum Gasteiger partial charge on any atom is -1.00 e. The van der Waals surface area contributed by atoms with Crippen molar-refractivity contribution in [1.29, 1.82) is 0 Å². The Bertz CT molecular complexity index is 657. The van der Waals surface area contributed by atoms with Gasteiger partial charge in [0.1, 0.15) is 0 Å². The third-order valence-electron chi connectivity index (χ3n) is 4.13. The summed E-state index contributed by atoms with van der Waals surface area (Å²) in [7, 11) is 0. The Labute approximate surface area is 157 Å². The molecule has 0 heterocycles. The maximum atomic E-state index is 12.1. The summed E-state index contributed by atoms with van der Waals surface area (Å²) >= 11 is 0. The zero-order valence-electron chi connectivity index (χ0n) is 15.2. The lowest BCUT2D eigenvalue weighted by Crippen LogP contribution is -3.00. The maximum Gasteiger partial charge on any atom is 0.319 e. The number of hydrogen-bond acceptors (Lipinski definition) is 2. The van der Waals surface area contributed by atoms with Gasteiger partial charge in [-0.1, -0.05) is 30.3 Å². The smallest absolute Gasteiger partial charge is 0.319 e. The summed E-state index contributed by atoms with van der Waals surface area (Å²) in [5.41, 5.74) is 4.32. The van der Waals surface area contributed by atoms with E-state index in [0.717, 1.165) is 30.8 Å². The SMILES string of the molecule is CCN(CC)c1ccc(NC(=O)NCCc2ccccc2)c(C)c1.[Cl-]. The van der Waals surface area contributed by atoms with E-state index in [9.17, 15) is 4.79 Å². The van der Waals surface area contributed by atoms with Gasteiger partial charge in [0.05, 0.1) is 0 Å². The molecule has 0 aliphatic carbocycles. The Kier molecular flexibility index (Phi) is 8.86. The molecule has 0 radical (unpaired) electrons. The van der Waals surface area contributed by atoms with Crippen LogP contribution >= 0.6 is 0 Å². The lowest BCUT2D eigenvalue weighted by Gasteiger charge is -2.22. The molecule has 0 unspecified atom stereocenters. The van der Waals surface area contributed by atoms with E-state index in [1.807, 2.05) is 31.2 Å². The van der Waals surface area contributed by atoms with Gasteiger partial charge in [-0.3, -0.25) is 0 Å². The molecule has 2 rings (SSSR count). The van der Waals surface area contributed by atoms with Crippen LogP contribution in [-0.2, 0) is 6.42 Å². The number of anilines is 2. The highest BCUT2D eigenvalue weighted by Crippen LogP contribution is 2.22.